The first-order valence-corrected chi connectivity index (χ1v) is 43.5. The number of halogens is 6. The topological polar surface area (TPSA) is 334 Å². The molecule has 648 valence electrons. The van der Waals surface area contributed by atoms with E-state index in [0.717, 1.165) is 90.5 Å². The minimum absolute atomic E-state index is 0. The van der Waals surface area contributed by atoms with Gasteiger partial charge in [0.2, 0.25) is 41.2 Å². The molecule has 0 bridgehead atoms. The summed E-state index contributed by atoms with van der Waals surface area (Å²) in [5, 5.41) is 36.6. The van der Waals surface area contributed by atoms with Gasteiger partial charge < -0.3 is 100 Å². The first-order valence-electron chi connectivity index (χ1n) is 34.3. The number of aryl methyl sites for hydroxylation is 3. The number of hydrogen-bond donors (Lipinski definition) is 2. The Morgan fingerprint density at radius 2 is 0.860 bits per heavy atom. The number of nitrogens with zero attached hydrogens (tertiary/aromatic N) is 9. The van der Waals surface area contributed by atoms with E-state index in [2.05, 4.69) is 145 Å². The third kappa shape index (κ3) is 33.1. The largest absolute Gasteiger partial charge is 1.00 e. The van der Waals surface area contributed by atoms with Crippen molar-refractivity contribution in [3.63, 3.8) is 0 Å². The molecule has 38 heteroatoms. The van der Waals surface area contributed by atoms with Gasteiger partial charge in [0.15, 0.2) is 68.8 Å². The van der Waals surface area contributed by atoms with E-state index in [1.54, 1.807) is 175 Å². The van der Waals surface area contributed by atoms with Crippen molar-refractivity contribution in [3.8, 4) is 121 Å². The standard InChI is InChI=1S/C15H16INO4.C15H17NO4.C14H15N3O2.C13H12IN3O2.C9H13BO5.C8H9O2.C7H8BrNO2.2CH4.I2.H2I.Na/c1-18-11-6-4-10(5-7-11)9-21-13-12(19-2)8-17-15(16)14(13)20-3;1-17-12-6-4-11(5-7-12)10-20-15-13(18-2)8-16-9-14(15)19-3;1-10-13(18-3)8-15-12(14(10)19-4)6-5-11-7-16-17(2)9-11;1-7-9(18-3)5-15-11-10(14)13(19-12(7)11)8-4-16-17(2)6-8;1-13-7-4-6(10(11)12)5-8(14-2)9(7)15-3;1-10-8-4-2-7(6-9)3-5-8;1-10-5-3-9-4-6(11-2)7(5)8;;;1-2;;/h4-8H,9H2,1-3H3;4-9H,10H2,1-3H3;7-9H,1-4H3;4-6H,1-3H3;4-5,11-12H,1-3H3;2-5H,6H2,1H3;3-4H,1-2H3;2*1H4;;1H2;/q;;;;;-1;;;;;2*+1. The minimum Gasteiger partial charge on any atom is -0.851 e. The van der Waals surface area contributed by atoms with Crippen molar-refractivity contribution in [1.29, 1.82) is 0 Å². The molecule has 0 amide bonds. The second-order valence-electron chi connectivity index (χ2n) is 23.1. The van der Waals surface area contributed by atoms with E-state index in [1.165, 1.54) is 33.5 Å². The molecule has 8 heterocycles. The number of rotatable bonds is 24. The molecule has 4 aromatic carbocycles. The number of hydrogen-bond acceptors (Lipinski definition) is 28. The van der Waals surface area contributed by atoms with Crippen LogP contribution in [-0.4, -0.2) is 168 Å². The maximum atomic E-state index is 10.3. The first kappa shape index (κ1) is 111. The third-order valence-electron chi connectivity index (χ3n) is 16.0. The van der Waals surface area contributed by atoms with Gasteiger partial charge in [-0.25, -0.2) is 15.0 Å². The number of furan rings is 1. The number of aromatic nitrogens is 9. The van der Waals surface area contributed by atoms with Crippen LogP contribution < -0.4 is 145 Å². The molecule has 0 atom stereocenters. The molecule has 0 spiro atoms. The van der Waals surface area contributed by atoms with Gasteiger partial charge in [-0.3, -0.25) is 19.3 Å². The first-order chi connectivity index (χ1) is 56.5. The summed E-state index contributed by atoms with van der Waals surface area (Å²) < 4.78 is 101. The minimum atomic E-state index is -1.57. The summed E-state index contributed by atoms with van der Waals surface area (Å²) >= 11 is 11.9. The van der Waals surface area contributed by atoms with Gasteiger partial charge in [0.25, 0.3) is 0 Å². The Morgan fingerprint density at radius 1 is 0.455 bits per heavy atom. The van der Waals surface area contributed by atoms with Crippen LogP contribution in [0.15, 0.2) is 162 Å². The number of pyridine rings is 5. The van der Waals surface area contributed by atoms with Crippen molar-refractivity contribution < 1.29 is 154 Å². The monoisotopic (exact) mass is 2310 g/mol. The van der Waals surface area contributed by atoms with E-state index in [1.807, 2.05) is 88.9 Å². The fourth-order valence-corrected chi connectivity index (χ4v) is 11.9. The maximum Gasteiger partial charge on any atom is 1.00 e. The Labute approximate surface area is 805 Å². The van der Waals surface area contributed by atoms with Gasteiger partial charge in [0.05, 0.1) is 177 Å². The van der Waals surface area contributed by atoms with Gasteiger partial charge in [-0.15, -0.1) is 6.61 Å². The molecule has 121 heavy (non-hydrogen) atoms. The van der Waals surface area contributed by atoms with Crippen molar-refractivity contribution in [2.45, 2.75) is 48.5 Å². The molecule has 8 aromatic heterocycles. The predicted octanol–water partition coefficient (Wildman–Crippen LogP) is 8.99. The molecule has 0 radical (unpaired) electrons. The molecule has 0 aliphatic heterocycles. The van der Waals surface area contributed by atoms with Crippen LogP contribution in [0.3, 0.4) is 0 Å². The van der Waals surface area contributed by atoms with Gasteiger partial charge in [-0.05, 0) is 146 Å². The molecule has 0 saturated heterocycles. The van der Waals surface area contributed by atoms with E-state index in [4.69, 9.17) is 95.0 Å². The van der Waals surface area contributed by atoms with Gasteiger partial charge in [0, 0.05) is 74.8 Å². The fourth-order valence-electron chi connectivity index (χ4n) is 9.92. The third-order valence-corrected chi connectivity index (χ3v) is 18.5. The summed E-state index contributed by atoms with van der Waals surface area (Å²) in [5.74, 6) is 17.1. The average Bonchev–Trinajstić information content (AvgIpc) is 1.62. The molecule has 0 unspecified atom stereocenters. The molecule has 30 nitrogen and oxygen atoms in total. The zero-order valence-electron chi connectivity index (χ0n) is 69.1. The summed E-state index contributed by atoms with van der Waals surface area (Å²) in [5.41, 5.74) is 8.95. The van der Waals surface area contributed by atoms with Gasteiger partial charge in [-0.2, -0.15) is 10.2 Å². The van der Waals surface area contributed by atoms with Crippen molar-refractivity contribution in [2.75, 3.05) is 107 Å². The average molecular weight is 2310 g/mol. The zero-order chi connectivity index (χ0) is 86.1. The Balaban J connectivity index is 0.000000708. The smallest absolute Gasteiger partial charge is 0.851 e. The fraction of sp³-hybridized carbons (Fsp3) is 0.289. The van der Waals surface area contributed by atoms with Crippen LogP contribution in [0, 0.1) is 33.0 Å². The van der Waals surface area contributed by atoms with Gasteiger partial charge in [-0.1, -0.05) is 62.7 Å². The van der Waals surface area contributed by atoms with Crippen LogP contribution >= 0.6 is 98.3 Å². The Kier molecular flexibility index (Phi) is 54.6. The predicted molar refractivity (Wildman–Crippen MR) is 495 cm³/mol. The molecule has 12 aromatic rings. The van der Waals surface area contributed by atoms with Crippen LogP contribution in [0.25, 0.3) is 22.4 Å². The Bertz CT molecular complexity index is 5000. The second-order valence-corrected chi connectivity index (χ2v) is 26.0. The summed E-state index contributed by atoms with van der Waals surface area (Å²) in [6, 6.07) is 25.4. The summed E-state index contributed by atoms with van der Waals surface area (Å²) in [6.07, 6.45) is 18.7. The Morgan fingerprint density at radius 3 is 1.26 bits per heavy atom. The molecular formula is C83H100BBrI5N9NaO21+. The molecule has 0 saturated carbocycles. The SMILES string of the molecule is C.C.COc1cc(B(O)O)cc(OC)c1OC.COc1ccc(COc2c(OC)cnc(I)c2OC)cc1.COc1ccc(COc2c(OC)cncc2OC)cc1.COc1ccc(C[O-])cc1.COc1cnc(C#Cc2cnn(C)c2)c(OC)c1C.COc1cnc2c(I)c(-c3cnn(C)c3)oc2c1C.COc1cncc(OC)c1Br.II.[IH2+].[Na+]. The molecule has 2 N–H and O–H groups in total. The molecule has 0 aliphatic rings. The quantitative estimate of drug-likeness (QED) is 0.0246. The summed E-state index contributed by atoms with van der Waals surface area (Å²) in [6.45, 7) is 4.52. The van der Waals surface area contributed by atoms with E-state index in [9.17, 15) is 5.11 Å². The van der Waals surface area contributed by atoms with Crippen molar-refractivity contribution in [2.24, 2.45) is 14.1 Å². The molecule has 0 fully saturated rings. The van der Waals surface area contributed by atoms with Crippen molar-refractivity contribution in [3.05, 3.63) is 204 Å². The van der Waals surface area contributed by atoms with Crippen LogP contribution in [-0.2, 0) is 33.9 Å². The van der Waals surface area contributed by atoms with E-state index in [-0.39, 0.29) is 80.5 Å². The molecular weight excluding hydrogens is 2210 g/mol. The Hall–Kier alpha value is -8.18. The van der Waals surface area contributed by atoms with E-state index < -0.39 is 7.12 Å². The second kappa shape index (κ2) is 59.6. The van der Waals surface area contributed by atoms with Crippen molar-refractivity contribution in [1.82, 2.24) is 44.5 Å². The zero-order valence-corrected chi connectivity index (χ0v) is 83.9. The normalized spacial score (nSPS) is 9.55. The van der Waals surface area contributed by atoms with E-state index >= 15 is 0 Å². The van der Waals surface area contributed by atoms with Crippen LogP contribution in [0.4, 0.5) is 0 Å². The van der Waals surface area contributed by atoms with Crippen LogP contribution in [0.2, 0.25) is 0 Å². The number of fused-ring (bicyclic) bond motifs is 1. The van der Waals surface area contributed by atoms with Gasteiger partial charge >= 0.3 is 36.7 Å². The summed E-state index contributed by atoms with van der Waals surface area (Å²) in [4.78, 5) is 20.8. The summed E-state index contributed by atoms with van der Waals surface area (Å²) in [7, 11) is 25.7. The molecule has 12 rings (SSSR count). The number of methoxy groups -OCH3 is 15. The number of ether oxygens (including phenoxy) is 17. The molecule has 0 aliphatic carbocycles. The maximum absolute atomic E-state index is 10.3. The van der Waals surface area contributed by atoms with Crippen molar-refractivity contribution >= 4 is 122 Å². The van der Waals surface area contributed by atoms with E-state index in [0.29, 0.717) is 93.7 Å². The number of benzene rings is 4. The van der Waals surface area contributed by atoms with Gasteiger partial charge in [0.1, 0.15) is 55.7 Å². The van der Waals surface area contributed by atoms with Crippen LogP contribution in [0.1, 0.15) is 53.9 Å². The van der Waals surface area contributed by atoms with Crippen LogP contribution in [0.5, 0.6) is 97.7 Å².